The molecular weight excluding hydrogens is 510 g/mol. The minimum atomic E-state index is -0.630. The van der Waals surface area contributed by atoms with Crippen LogP contribution in [0.15, 0.2) is 72.1 Å². The van der Waals surface area contributed by atoms with E-state index in [0.717, 1.165) is 5.56 Å². The third-order valence-corrected chi connectivity index (χ3v) is 6.28. The van der Waals surface area contributed by atoms with Gasteiger partial charge in [0, 0.05) is 17.7 Å². The molecule has 188 valence electrons. The summed E-state index contributed by atoms with van der Waals surface area (Å²) in [6, 6.07) is 20.7. The van der Waals surface area contributed by atoms with Crippen LogP contribution in [-0.4, -0.2) is 27.9 Å². The van der Waals surface area contributed by atoms with E-state index in [1.165, 1.54) is 11.3 Å². The van der Waals surface area contributed by atoms with Gasteiger partial charge in [0.15, 0.2) is 5.82 Å². The number of anilines is 1. The third kappa shape index (κ3) is 6.32. The van der Waals surface area contributed by atoms with Gasteiger partial charge in [-0.15, -0.1) is 23.7 Å². The van der Waals surface area contributed by atoms with Gasteiger partial charge in [-0.2, -0.15) is 5.26 Å². The second kappa shape index (κ2) is 12.1. The summed E-state index contributed by atoms with van der Waals surface area (Å²) in [5.74, 6) is -0.560. The van der Waals surface area contributed by atoms with Crippen molar-refractivity contribution >= 4 is 41.4 Å². The maximum Gasteiger partial charge on any atom is 0.266 e. The van der Waals surface area contributed by atoms with E-state index in [9.17, 15) is 20.0 Å². The van der Waals surface area contributed by atoms with E-state index in [-0.39, 0.29) is 47.9 Å². The predicted molar refractivity (Wildman–Crippen MR) is 147 cm³/mol. The Labute approximate surface area is 224 Å². The second-order valence-corrected chi connectivity index (χ2v) is 8.99. The minimum Gasteiger partial charge on any atom is -0.507 e. The fourth-order valence-electron chi connectivity index (χ4n) is 3.58. The molecule has 0 aliphatic rings. The zero-order chi connectivity index (χ0) is 25.7. The van der Waals surface area contributed by atoms with Crippen LogP contribution in [0.3, 0.4) is 0 Å². The molecule has 2 amide bonds. The molecule has 5 N–H and O–H groups in total. The number of aromatic hydroxyl groups is 1. The highest BCUT2D eigenvalue weighted by Gasteiger charge is 2.19. The molecule has 0 aliphatic heterocycles. The summed E-state index contributed by atoms with van der Waals surface area (Å²) < 4.78 is 0. The number of pyridine rings is 1. The van der Waals surface area contributed by atoms with Gasteiger partial charge in [-0.05, 0) is 53.8 Å². The van der Waals surface area contributed by atoms with Crippen LogP contribution >= 0.6 is 23.7 Å². The fourth-order valence-corrected chi connectivity index (χ4v) is 4.20. The zero-order valence-corrected chi connectivity index (χ0v) is 21.4. The molecule has 2 aromatic heterocycles. The lowest BCUT2D eigenvalue weighted by atomic mass is 9.96. The summed E-state index contributed by atoms with van der Waals surface area (Å²) in [5, 5.41) is 27.8. The van der Waals surface area contributed by atoms with Crippen LogP contribution < -0.4 is 16.4 Å². The smallest absolute Gasteiger partial charge is 0.266 e. The Morgan fingerprint density at radius 3 is 2.57 bits per heavy atom. The van der Waals surface area contributed by atoms with Gasteiger partial charge >= 0.3 is 0 Å². The summed E-state index contributed by atoms with van der Waals surface area (Å²) >= 11 is 1.27. The van der Waals surface area contributed by atoms with Gasteiger partial charge < -0.3 is 21.5 Å². The Hall–Kier alpha value is -4.23. The molecule has 0 saturated heterocycles. The first-order valence-electron chi connectivity index (χ1n) is 11.1. The number of hydrogen-bond acceptors (Lipinski definition) is 7. The van der Waals surface area contributed by atoms with Crippen LogP contribution in [0.25, 0.3) is 22.4 Å². The number of carbonyl (C=O) groups excluding carboxylic acids is 2. The van der Waals surface area contributed by atoms with Crippen LogP contribution in [0.2, 0.25) is 0 Å². The molecule has 1 unspecified atom stereocenters. The molecule has 0 radical (unpaired) electrons. The van der Waals surface area contributed by atoms with Crippen molar-refractivity contribution in [3.05, 3.63) is 88.1 Å². The lowest BCUT2D eigenvalue weighted by molar-refractivity contribution is -0.122. The average Bonchev–Trinajstić information content (AvgIpc) is 3.42. The summed E-state index contributed by atoms with van der Waals surface area (Å²) in [6.07, 6.45) is 0. The molecule has 37 heavy (non-hydrogen) atoms. The Morgan fingerprint density at radius 1 is 1.11 bits per heavy atom. The van der Waals surface area contributed by atoms with Gasteiger partial charge in [-0.25, -0.2) is 4.98 Å². The normalized spacial score (nSPS) is 11.1. The number of phenols is 1. The standard InChI is InChI=1S/C27H23N5O3S.ClH/c1-16(29)26(34)30-15-17-6-4-7-18(12-17)20-13-22(19-8-2-3-9-23(19)33)31-25(21(20)14-28)32-27(35)24-10-5-11-36-24;/h2-13,16,33H,15,29H2,1H3,(H,30,34)(H,31,32,35);1H. The maximum atomic E-state index is 12.8. The monoisotopic (exact) mass is 533 g/mol. The number of hydrogen-bond donors (Lipinski definition) is 4. The number of nitrogens with zero attached hydrogens (tertiary/aromatic N) is 2. The van der Waals surface area contributed by atoms with E-state index in [0.29, 0.717) is 27.3 Å². The van der Waals surface area contributed by atoms with Crippen molar-refractivity contribution in [2.45, 2.75) is 19.5 Å². The minimum absolute atomic E-state index is 0. The summed E-state index contributed by atoms with van der Waals surface area (Å²) in [5.41, 5.74) is 8.65. The Balaban J connectivity index is 0.00000380. The number of nitrogens with one attached hydrogen (secondary N) is 2. The molecule has 4 aromatic rings. The summed E-state index contributed by atoms with van der Waals surface area (Å²) in [6.45, 7) is 1.87. The van der Waals surface area contributed by atoms with Crippen molar-refractivity contribution in [2.75, 3.05) is 5.32 Å². The molecule has 1 atom stereocenters. The van der Waals surface area contributed by atoms with Crippen molar-refractivity contribution in [3.8, 4) is 34.2 Å². The number of amides is 2. The van der Waals surface area contributed by atoms with Gasteiger partial charge in [0.05, 0.1) is 16.6 Å². The number of halogens is 1. The largest absolute Gasteiger partial charge is 0.507 e. The highest BCUT2D eigenvalue weighted by Crippen LogP contribution is 2.35. The lowest BCUT2D eigenvalue weighted by Gasteiger charge is -2.15. The van der Waals surface area contributed by atoms with Crippen molar-refractivity contribution in [1.29, 1.82) is 5.26 Å². The van der Waals surface area contributed by atoms with Gasteiger partial charge in [0.2, 0.25) is 5.91 Å². The van der Waals surface area contributed by atoms with Gasteiger partial charge in [0.1, 0.15) is 17.4 Å². The van der Waals surface area contributed by atoms with Crippen LogP contribution in [0.5, 0.6) is 5.75 Å². The quantitative estimate of drug-likeness (QED) is 0.271. The molecule has 0 spiro atoms. The van der Waals surface area contributed by atoms with Gasteiger partial charge in [0.25, 0.3) is 5.91 Å². The maximum absolute atomic E-state index is 12.8. The number of carbonyl (C=O) groups is 2. The average molecular weight is 534 g/mol. The van der Waals surface area contributed by atoms with Gasteiger partial charge in [-0.1, -0.05) is 36.4 Å². The molecule has 10 heteroatoms. The van der Waals surface area contributed by atoms with E-state index in [2.05, 4.69) is 21.7 Å². The number of nitriles is 1. The van der Waals surface area contributed by atoms with Crippen LogP contribution in [0.4, 0.5) is 5.82 Å². The van der Waals surface area contributed by atoms with Crippen LogP contribution in [0, 0.1) is 11.3 Å². The van der Waals surface area contributed by atoms with Crippen molar-refractivity contribution < 1.29 is 14.7 Å². The van der Waals surface area contributed by atoms with Crippen molar-refractivity contribution in [2.24, 2.45) is 5.73 Å². The second-order valence-electron chi connectivity index (χ2n) is 8.05. The highest BCUT2D eigenvalue weighted by molar-refractivity contribution is 7.12. The molecule has 0 aliphatic carbocycles. The van der Waals surface area contributed by atoms with Gasteiger partial charge in [-0.3, -0.25) is 9.59 Å². The first-order valence-corrected chi connectivity index (χ1v) is 12.0. The van der Waals surface area contributed by atoms with E-state index < -0.39 is 6.04 Å². The number of aromatic nitrogens is 1. The number of para-hydroxylation sites is 1. The summed E-state index contributed by atoms with van der Waals surface area (Å²) in [4.78, 5) is 29.7. The Kier molecular flexibility index (Phi) is 8.98. The Morgan fingerprint density at radius 2 is 1.89 bits per heavy atom. The lowest BCUT2D eigenvalue weighted by Crippen LogP contribution is -2.37. The number of nitrogens with two attached hydrogens (primary N) is 1. The number of rotatable bonds is 7. The predicted octanol–water partition coefficient (Wildman–Crippen LogP) is 4.69. The number of thiophene rings is 1. The van der Waals surface area contributed by atoms with Crippen LogP contribution in [0.1, 0.15) is 27.7 Å². The molecular formula is C27H24ClN5O3S. The first kappa shape index (κ1) is 27.4. The molecule has 0 bridgehead atoms. The third-order valence-electron chi connectivity index (χ3n) is 5.41. The van der Waals surface area contributed by atoms with Crippen molar-refractivity contribution in [1.82, 2.24) is 10.3 Å². The molecule has 2 heterocycles. The molecule has 0 fully saturated rings. The number of benzene rings is 2. The van der Waals surface area contributed by atoms with E-state index >= 15 is 0 Å². The molecule has 4 rings (SSSR count). The van der Waals surface area contributed by atoms with E-state index in [1.54, 1.807) is 54.8 Å². The zero-order valence-electron chi connectivity index (χ0n) is 19.8. The van der Waals surface area contributed by atoms with E-state index in [1.807, 2.05) is 24.3 Å². The molecule has 0 saturated carbocycles. The SMILES string of the molecule is CC(N)C(=O)NCc1cccc(-c2cc(-c3ccccc3O)nc(NC(=O)c3cccs3)c2C#N)c1.Cl. The van der Waals surface area contributed by atoms with Crippen LogP contribution in [-0.2, 0) is 11.3 Å². The molecule has 8 nitrogen and oxygen atoms in total. The first-order chi connectivity index (χ1) is 17.4. The topological polar surface area (TPSA) is 141 Å². The highest BCUT2D eigenvalue weighted by atomic mass is 35.5. The Bertz CT molecular complexity index is 1470. The number of phenolic OH excluding ortho intramolecular Hbond substituents is 1. The summed E-state index contributed by atoms with van der Waals surface area (Å²) in [7, 11) is 0. The van der Waals surface area contributed by atoms with Crippen molar-refractivity contribution in [3.63, 3.8) is 0 Å². The fraction of sp³-hybridized carbons (Fsp3) is 0.111. The van der Waals surface area contributed by atoms with E-state index in [4.69, 9.17) is 5.73 Å². The molecule has 2 aromatic carbocycles.